The van der Waals surface area contributed by atoms with Gasteiger partial charge in [0.25, 0.3) is 5.91 Å². The van der Waals surface area contributed by atoms with E-state index in [4.69, 9.17) is 16.3 Å². The van der Waals surface area contributed by atoms with Crippen molar-refractivity contribution in [3.63, 3.8) is 0 Å². The minimum atomic E-state index is -0.507. The summed E-state index contributed by atoms with van der Waals surface area (Å²) in [5.41, 5.74) is 1.12. The fourth-order valence-electron chi connectivity index (χ4n) is 2.00. The number of nitrogens with zero attached hydrogens (tertiary/aromatic N) is 1. The molecule has 0 unspecified atom stereocenters. The fourth-order valence-corrected chi connectivity index (χ4v) is 3.23. The first-order valence-corrected chi connectivity index (χ1v) is 8.34. The van der Waals surface area contributed by atoms with Crippen LogP contribution in [0.2, 0.25) is 5.02 Å². The molecule has 0 spiro atoms. The normalized spacial score (nSPS) is 10.3. The maximum Gasteiger partial charge on any atom is 0.348 e. The van der Waals surface area contributed by atoms with Gasteiger partial charge < -0.3 is 10.1 Å². The van der Waals surface area contributed by atoms with Gasteiger partial charge >= 0.3 is 5.97 Å². The standard InChI is InChI=1S/C17H15ClN2O3S/c1-9(2)23-17(22)14-10(3)13(8-19)16(24-14)20-15(21)11-5-4-6-12(18)7-11/h4-7,9H,1-3H3,(H,20,21). The molecule has 2 rings (SSSR count). The number of carbonyl (C=O) groups is 2. The number of nitrogens with one attached hydrogen (secondary N) is 1. The average molecular weight is 363 g/mol. The van der Waals surface area contributed by atoms with Crippen molar-refractivity contribution in [2.24, 2.45) is 0 Å². The van der Waals surface area contributed by atoms with Crippen LogP contribution in [0.3, 0.4) is 0 Å². The topological polar surface area (TPSA) is 79.2 Å². The molecule has 0 fully saturated rings. The van der Waals surface area contributed by atoms with E-state index in [1.165, 1.54) is 6.07 Å². The minimum absolute atomic E-state index is 0.256. The van der Waals surface area contributed by atoms with E-state index in [1.807, 2.05) is 6.07 Å². The van der Waals surface area contributed by atoms with Crippen molar-refractivity contribution in [3.8, 4) is 6.07 Å². The van der Waals surface area contributed by atoms with E-state index >= 15 is 0 Å². The molecular formula is C17H15ClN2O3S. The van der Waals surface area contributed by atoms with Crippen molar-refractivity contribution in [3.05, 3.63) is 50.9 Å². The van der Waals surface area contributed by atoms with Crippen LogP contribution in [0.25, 0.3) is 0 Å². The largest absolute Gasteiger partial charge is 0.459 e. The van der Waals surface area contributed by atoms with Crippen LogP contribution < -0.4 is 5.32 Å². The Morgan fingerprint density at radius 3 is 2.67 bits per heavy atom. The van der Waals surface area contributed by atoms with Crippen LogP contribution in [0, 0.1) is 18.3 Å². The molecule has 24 heavy (non-hydrogen) atoms. The van der Waals surface area contributed by atoms with Crippen LogP contribution in [0.4, 0.5) is 5.00 Å². The van der Waals surface area contributed by atoms with Crippen molar-refractivity contribution in [1.29, 1.82) is 5.26 Å². The lowest BCUT2D eigenvalue weighted by molar-refractivity contribution is 0.0383. The first-order valence-electron chi connectivity index (χ1n) is 7.14. The monoisotopic (exact) mass is 362 g/mol. The Morgan fingerprint density at radius 1 is 1.38 bits per heavy atom. The molecule has 0 atom stereocenters. The number of esters is 1. The van der Waals surface area contributed by atoms with E-state index in [0.717, 1.165) is 11.3 Å². The van der Waals surface area contributed by atoms with Gasteiger partial charge in [-0.1, -0.05) is 17.7 Å². The van der Waals surface area contributed by atoms with E-state index in [2.05, 4.69) is 5.32 Å². The summed E-state index contributed by atoms with van der Waals surface area (Å²) < 4.78 is 5.17. The lowest BCUT2D eigenvalue weighted by Crippen LogP contribution is -2.11. The third kappa shape index (κ3) is 3.94. The molecule has 0 aliphatic heterocycles. The summed E-state index contributed by atoms with van der Waals surface area (Å²) in [5.74, 6) is -0.911. The molecule has 0 saturated heterocycles. The molecule has 0 bridgehead atoms. The molecule has 1 aromatic carbocycles. The molecule has 1 amide bonds. The zero-order valence-electron chi connectivity index (χ0n) is 13.3. The second kappa shape index (κ2) is 7.47. The summed E-state index contributed by atoms with van der Waals surface area (Å²) in [6.45, 7) is 5.14. The number of benzene rings is 1. The lowest BCUT2D eigenvalue weighted by atomic mass is 10.1. The predicted molar refractivity (Wildman–Crippen MR) is 93.7 cm³/mol. The fraction of sp³-hybridized carbons (Fsp3) is 0.235. The van der Waals surface area contributed by atoms with Gasteiger partial charge in [0.15, 0.2) is 0 Å². The van der Waals surface area contributed by atoms with Gasteiger partial charge in [0.1, 0.15) is 15.9 Å². The van der Waals surface area contributed by atoms with Crippen LogP contribution in [0.15, 0.2) is 24.3 Å². The molecule has 1 N–H and O–H groups in total. The Labute approximate surface area is 148 Å². The first kappa shape index (κ1) is 18.0. The number of nitriles is 1. The maximum absolute atomic E-state index is 12.3. The van der Waals surface area contributed by atoms with Crippen molar-refractivity contribution in [2.45, 2.75) is 26.9 Å². The van der Waals surface area contributed by atoms with Crippen LogP contribution in [-0.2, 0) is 4.74 Å². The summed E-state index contributed by atoms with van der Waals surface area (Å²) in [7, 11) is 0. The highest BCUT2D eigenvalue weighted by atomic mass is 35.5. The zero-order chi connectivity index (χ0) is 17.9. The molecule has 0 aliphatic carbocycles. The molecule has 1 aromatic heterocycles. The van der Waals surface area contributed by atoms with Gasteiger partial charge in [0.05, 0.1) is 11.7 Å². The Bertz CT molecular complexity index is 837. The van der Waals surface area contributed by atoms with E-state index in [-0.39, 0.29) is 11.7 Å². The molecule has 0 aliphatic rings. The van der Waals surface area contributed by atoms with Gasteiger partial charge in [-0.15, -0.1) is 11.3 Å². The molecule has 1 heterocycles. The average Bonchev–Trinajstić information content (AvgIpc) is 2.82. The Kier molecular flexibility index (Phi) is 5.60. The number of hydrogen-bond donors (Lipinski definition) is 1. The highest BCUT2D eigenvalue weighted by Crippen LogP contribution is 2.33. The van der Waals surface area contributed by atoms with Gasteiger partial charge in [-0.25, -0.2) is 4.79 Å². The molecule has 7 heteroatoms. The maximum atomic E-state index is 12.3. The number of amides is 1. The number of carbonyl (C=O) groups excluding carboxylic acids is 2. The van der Waals surface area contributed by atoms with Gasteiger partial charge in [0.2, 0.25) is 0 Å². The Morgan fingerprint density at radius 2 is 2.08 bits per heavy atom. The summed E-state index contributed by atoms with van der Waals surface area (Å²) in [5, 5.41) is 12.8. The lowest BCUT2D eigenvalue weighted by Gasteiger charge is -2.06. The number of hydrogen-bond acceptors (Lipinski definition) is 5. The van der Waals surface area contributed by atoms with E-state index in [1.54, 1.807) is 39.0 Å². The zero-order valence-corrected chi connectivity index (χ0v) is 14.9. The number of rotatable bonds is 4. The van der Waals surface area contributed by atoms with Crippen molar-refractivity contribution < 1.29 is 14.3 Å². The molecule has 2 aromatic rings. The molecule has 124 valence electrons. The van der Waals surface area contributed by atoms with Crippen molar-refractivity contribution >= 4 is 39.8 Å². The molecule has 0 radical (unpaired) electrons. The third-order valence-corrected chi connectivity index (χ3v) is 4.52. The predicted octanol–water partition coefficient (Wildman–Crippen LogP) is 4.40. The number of thiophene rings is 1. The molecular weight excluding hydrogens is 348 g/mol. The third-order valence-electron chi connectivity index (χ3n) is 3.10. The van der Waals surface area contributed by atoms with Crippen molar-refractivity contribution in [1.82, 2.24) is 0 Å². The highest BCUT2D eigenvalue weighted by Gasteiger charge is 2.23. The molecule has 5 nitrogen and oxygen atoms in total. The van der Waals surface area contributed by atoms with Crippen LogP contribution in [-0.4, -0.2) is 18.0 Å². The Balaban J connectivity index is 2.32. The summed E-state index contributed by atoms with van der Waals surface area (Å²) in [6.07, 6.45) is -0.269. The summed E-state index contributed by atoms with van der Waals surface area (Å²) >= 11 is 6.90. The van der Waals surface area contributed by atoms with Gasteiger partial charge in [-0.3, -0.25) is 4.79 Å². The van der Waals surface area contributed by atoms with E-state index in [9.17, 15) is 14.9 Å². The summed E-state index contributed by atoms with van der Waals surface area (Å²) in [6, 6.07) is 8.48. The van der Waals surface area contributed by atoms with Crippen LogP contribution in [0.5, 0.6) is 0 Å². The van der Waals surface area contributed by atoms with E-state index in [0.29, 0.717) is 26.0 Å². The number of anilines is 1. The number of ether oxygens (including phenoxy) is 1. The SMILES string of the molecule is Cc1c(C(=O)OC(C)C)sc(NC(=O)c2cccc(Cl)c2)c1C#N. The van der Waals surface area contributed by atoms with Crippen LogP contribution >= 0.6 is 22.9 Å². The smallest absolute Gasteiger partial charge is 0.348 e. The quantitative estimate of drug-likeness (QED) is 0.817. The van der Waals surface area contributed by atoms with Crippen LogP contribution in [0.1, 0.15) is 45.0 Å². The highest BCUT2D eigenvalue weighted by molar-refractivity contribution is 7.18. The second-order valence-corrected chi connectivity index (χ2v) is 6.75. The minimum Gasteiger partial charge on any atom is -0.459 e. The van der Waals surface area contributed by atoms with Crippen molar-refractivity contribution in [2.75, 3.05) is 5.32 Å². The second-order valence-electron chi connectivity index (χ2n) is 5.29. The Hall–Kier alpha value is -2.36. The first-order chi connectivity index (χ1) is 11.3. The summed E-state index contributed by atoms with van der Waals surface area (Å²) in [4.78, 5) is 24.7. The molecule has 0 saturated carbocycles. The number of halogens is 1. The van der Waals surface area contributed by atoms with Gasteiger partial charge in [0, 0.05) is 10.6 Å². The van der Waals surface area contributed by atoms with E-state index < -0.39 is 11.9 Å². The van der Waals surface area contributed by atoms with Gasteiger partial charge in [-0.05, 0) is 44.5 Å². The van der Waals surface area contributed by atoms with Gasteiger partial charge in [-0.2, -0.15) is 5.26 Å².